The summed E-state index contributed by atoms with van der Waals surface area (Å²) < 4.78 is 0. The fraction of sp³-hybridized carbons (Fsp3) is 1.00. The lowest BCUT2D eigenvalue weighted by atomic mass is 9.49. The minimum atomic E-state index is 0.768. The molecule has 1 saturated heterocycles. The summed E-state index contributed by atoms with van der Waals surface area (Å²) in [6.07, 6.45) is 13.7. The van der Waals surface area contributed by atoms with Gasteiger partial charge < -0.3 is 10.6 Å². The molecule has 1 unspecified atom stereocenters. The Kier molecular flexibility index (Phi) is 3.58. The predicted molar refractivity (Wildman–Crippen MR) is 83.4 cm³/mol. The van der Waals surface area contributed by atoms with Crippen molar-refractivity contribution in [2.24, 2.45) is 34.8 Å². The molecule has 2 heteroatoms. The van der Waals surface area contributed by atoms with Gasteiger partial charge in [0.25, 0.3) is 0 Å². The van der Waals surface area contributed by atoms with Gasteiger partial charge in [-0.2, -0.15) is 0 Å². The normalized spacial score (nSPS) is 47.9. The van der Waals surface area contributed by atoms with E-state index < -0.39 is 0 Å². The predicted octanol–water partition coefficient (Wildman–Crippen LogP) is 3.26. The summed E-state index contributed by atoms with van der Waals surface area (Å²) in [6, 6.07) is 0. The molecule has 5 aliphatic rings. The molecular weight excluding hydrogens is 244 g/mol. The van der Waals surface area contributed by atoms with Crippen LogP contribution in [0.3, 0.4) is 0 Å². The van der Waals surface area contributed by atoms with Crippen molar-refractivity contribution >= 4 is 0 Å². The van der Waals surface area contributed by atoms with Gasteiger partial charge in [0.1, 0.15) is 0 Å². The molecule has 0 spiro atoms. The van der Waals surface area contributed by atoms with E-state index in [1.807, 2.05) is 0 Å². The van der Waals surface area contributed by atoms with E-state index in [0.29, 0.717) is 0 Å². The first-order valence-corrected chi connectivity index (χ1v) is 9.17. The number of rotatable bonds is 4. The first-order chi connectivity index (χ1) is 9.75. The Morgan fingerprint density at radius 1 is 1.00 bits per heavy atom. The highest BCUT2D eigenvalue weighted by Gasteiger charge is 2.50. The van der Waals surface area contributed by atoms with Crippen LogP contribution >= 0.6 is 0 Å². The van der Waals surface area contributed by atoms with E-state index in [9.17, 15) is 0 Å². The van der Waals surface area contributed by atoms with Crippen LogP contribution in [0, 0.1) is 29.1 Å². The molecule has 4 bridgehead atoms. The summed E-state index contributed by atoms with van der Waals surface area (Å²) in [5, 5.41) is 0. The molecule has 2 nitrogen and oxygen atoms in total. The molecule has 4 aliphatic carbocycles. The third kappa shape index (κ3) is 2.54. The van der Waals surface area contributed by atoms with Crippen molar-refractivity contribution in [3.05, 3.63) is 0 Å². The van der Waals surface area contributed by atoms with Crippen LogP contribution in [0.4, 0.5) is 0 Å². The molecule has 1 aliphatic heterocycles. The summed E-state index contributed by atoms with van der Waals surface area (Å²) >= 11 is 0. The second-order valence-corrected chi connectivity index (χ2v) is 8.71. The van der Waals surface area contributed by atoms with Crippen molar-refractivity contribution in [1.82, 2.24) is 4.90 Å². The number of hydrogen-bond donors (Lipinski definition) is 1. The van der Waals surface area contributed by atoms with E-state index >= 15 is 0 Å². The smallest absolute Gasteiger partial charge is 0.00217 e. The van der Waals surface area contributed by atoms with Gasteiger partial charge >= 0.3 is 0 Å². The number of hydrogen-bond acceptors (Lipinski definition) is 2. The lowest BCUT2D eigenvalue weighted by Gasteiger charge is -2.57. The zero-order valence-electron chi connectivity index (χ0n) is 13.0. The van der Waals surface area contributed by atoms with Crippen LogP contribution in [0.25, 0.3) is 0 Å². The summed E-state index contributed by atoms with van der Waals surface area (Å²) in [7, 11) is 0. The maximum Gasteiger partial charge on any atom is 0.00217 e. The molecule has 2 N–H and O–H groups in total. The Morgan fingerprint density at radius 3 is 2.25 bits per heavy atom. The van der Waals surface area contributed by atoms with Crippen molar-refractivity contribution in [3.63, 3.8) is 0 Å². The Hall–Kier alpha value is -0.0800. The molecule has 114 valence electrons. The molecule has 0 aromatic carbocycles. The van der Waals surface area contributed by atoms with Crippen molar-refractivity contribution < 1.29 is 0 Å². The third-order valence-corrected chi connectivity index (χ3v) is 7.06. The van der Waals surface area contributed by atoms with E-state index in [1.165, 1.54) is 38.9 Å². The maximum atomic E-state index is 5.88. The van der Waals surface area contributed by atoms with E-state index in [1.54, 1.807) is 38.5 Å². The SMILES string of the molecule is NCC1CCCN(CCC23CC4CC(CC(C4)C2)C3)C1. The van der Waals surface area contributed by atoms with Crippen molar-refractivity contribution in [3.8, 4) is 0 Å². The van der Waals surface area contributed by atoms with Crippen LogP contribution in [0.15, 0.2) is 0 Å². The van der Waals surface area contributed by atoms with Crippen LogP contribution in [-0.2, 0) is 0 Å². The zero-order valence-corrected chi connectivity index (χ0v) is 13.0. The van der Waals surface area contributed by atoms with Gasteiger partial charge in [0.2, 0.25) is 0 Å². The number of nitrogens with zero attached hydrogens (tertiary/aromatic N) is 1. The zero-order chi connectivity index (χ0) is 13.6. The average Bonchev–Trinajstić information content (AvgIpc) is 2.44. The van der Waals surface area contributed by atoms with E-state index in [4.69, 9.17) is 5.73 Å². The summed E-state index contributed by atoms with van der Waals surface area (Å²) in [4.78, 5) is 2.74. The quantitative estimate of drug-likeness (QED) is 0.854. The number of likely N-dealkylation sites (tertiary alicyclic amines) is 1. The minimum absolute atomic E-state index is 0.768. The van der Waals surface area contributed by atoms with Gasteiger partial charge in [0.05, 0.1) is 0 Å². The first kappa shape index (κ1) is 13.6. The second kappa shape index (κ2) is 5.28. The van der Waals surface area contributed by atoms with Gasteiger partial charge in [0, 0.05) is 6.54 Å². The van der Waals surface area contributed by atoms with Crippen LogP contribution in [0.2, 0.25) is 0 Å². The van der Waals surface area contributed by atoms with Crippen LogP contribution in [-0.4, -0.2) is 31.1 Å². The van der Waals surface area contributed by atoms with E-state index in [2.05, 4.69) is 4.90 Å². The standard InChI is InChI=1S/C18H32N2/c19-12-14-2-1-4-20(13-14)5-3-18-9-15-6-16(10-18)8-17(7-15)11-18/h14-17H,1-13,19H2. The van der Waals surface area contributed by atoms with Crippen LogP contribution in [0.5, 0.6) is 0 Å². The molecule has 5 rings (SSSR count). The maximum absolute atomic E-state index is 5.88. The largest absolute Gasteiger partial charge is 0.330 e. The first-order valence-electron chi connectivity index (χ1n) is 9.17. The molecule has 0 amide bonds. The molecule has 0 aromatic heterocycles. The summed E-state index contributed by atoms with van der Waals surface area (Å²) in [6.45, 7) is 4.88. The minimum Gasteiger partial charge on any atom is -0.330 e. The van der Waals surface area contributed by atoms with Crippen LogP contribution < -0.4 is 5.73 Å². The molecule has 0 aromatic rings. The van der Waals surface area contributed by atoms with Gasteiger partial charge in [-0.3, -0.25) is 0 Å². The Labute approximate surface area is 124 Å². The van der Waals surface area contributed by atoms with E-state index in [0.717, 1.165) is 35.6 Å². The van der Waals surface area contributed by atoms with Crippen molar-refractivity contribution in [2.45, 2.75) is 57.8 Å². The Morgan fingerprint density at radius 2 is 1.65 bits per heavy atom. The molecule has 5 fully saturated rings. The number of piperidine rings is 1. The van der Waals surface area contributed by atoms with Crippen molar-refractivity contribution in [2.75, 3.05) is 26.2 Å². The van der Waals surface area contributed by atoms with Crippen LogP contribution in [0.1, 0.15) is 57.8 Å². The van der Waals surface area contributed by atoms with E-state index in [-0.39, 0.29) is 0 Å². The van der Waals surface area contributed by atoms with Gasteiger partial charge in [-0.1, -0.05) is 0 Å². The topological polar surface area (TPSA) is 29.3 Å². The highest BCUT2D eigenvalue weighted by Crippen LogP contribution is 2.61. The fourth-order valence-corrected chi connectivity index (χ4v) is 6.54. The lowest BCUT2D eigenvalue weighted by molar-refractivity contribution is -0.0620. The molecule has 20 heavy (non-hydrogen) atoms. The fourth-order valence-electron chi connectivity index (χ4n) is 6.54. The summed E-state index contributed by atoms with van der Waals surface area (Å²) in [5.74, 6) is 4.11. The highest BCUT2D eigenvalue weighted by molar-refractivity contribution is 5.01. The number of nitrogens with two attached hydrogens (primary N) is 1. The Bertz CT molecular complexity index is 316. The molecule has 4 saturated carbocycles. The lowest BCUT2D eigenvalue weighted by Crippen LogP contribution is -2.48. The molecule has 0 radical (unpaired) electrons. The Balaban J connectivity index is 1.35. The van der Waals surface area contributed by atoms with Gasteiger partial charge in [-0.25, -0.2) is 0 Å². The van der Waals surface area contributed by atoms with Crippen molar-refractivity contribution in [1.29, 1.82) is 0 Å². The van der Waals surface area contributed by atoms with Gasteiger partial charge in [-0.05, 0) is 107 Å². The molecule has 1 heterocycles. The van der Waals surface area contributed by atoms with Gasteiger partial charge in [-0.15, -0.1) is 0 Å². The second-order valence-electron chi connectivity index (χ2n) is 8.71. The highest BCUT2D eigenvalue weighted by atomic mass is 15.1. The summed E-state index contributed by atoms with van der Waals surface area (Å²) in [5.41, 5.74) is 6.65. The molecule has 1 atom stereocenters. The molecular formula is C18H32N2. The average molecular weight is 276 g/mol. The monoisotopic (exact) mass is 276 g/mol. The van der Waals surface area contributed by atoms with Gasteiger partial charge in [0.15, 0.2) is 0 Å². The third-order valence-electron chi connectivity index (χ3n) is 7.06.